The number of aryl methyl sites for hydroxylation is 1. The van der Waals surface area contributed by atoms with Crippen molar-refractivity contribution in [1.29, 1.82) is 0 Å². The van der Waals surface area contributed by atoms with Crippen LogP contribution in [0.2, 0.25) is 0 Å². The average molecular weight is 440 g/mol. The Morgan fingerprint density at radius 3 is 2.32 bits per heavy atom. The molecule has 0 unspecified atom stereocenters. The maximum absolute atomic E-state index is 6.10. The fraction of sp³-hybridized carbons (Fsp3) is 0.250. The largest absolute Gasteiger partial charge is 0.490 e. The highest BCUT2D eigenvalue weighted by atomic mass is 79.9. The van der Waals surface area contributed by atoms with E-state index in [1.165, 1.54) is 11.1 Å². The molecule has 3 nitrogen and oxygen atoms in total. The summed E-state index contributed by atoms with van der Waals surface area (Å²) in [4.78, 5) is 0. The molecule has 0 bridgehead atoms. The molecule has 0 aromatic heterocycles. The van der Waals surface area contributed by atoms with Gasteiger partial charge in [-0.25, -0.2) is 0 Å². The molecule has 3 aromatic carbocycles. The monoisotopic (exact) mass is 439 g/mol. The molecular weight excluding hydrogens is 414 g/mol. The third-order valence-corrected chi connectivity index (χ3v) is 4.92. The highest BCUT2D eigenvalue weighted by Crippen LogP contribution is 2.37. The van der Waals surface area contributed by atoms with Gasteiger partial charge in [0.15, 0.2) is 11.5 Å². The molecule has 4 heteroatoms. The Kier molecular flexibility index (Phi) is 7.52. The number of ether oxygens (including phenoxy) is 2. The number of nitrogens with one attached hydrogen (secondary N) is 1. The lowest BCUT2D eigenvalue weighted by atomic mass is 10.1. The van der Waals surface area contributed by atoms with Gasteiger partial charge in [0.1, 0.15) is 6.61 Å². The van der Waals surface area contributed by atoms with E-state index >= 15 is 0 Å². The van der Waals surface area contributed by atoms with Crippen LogP contribution in [0.5, 0.6) is 11.5 Å². The maximum atomic E-state index is 6.10. The first-order valence-electron chi connectivity index (χ1n) is 9.54. The Balaban J connectivity index is 1.68. The molecule has 0 saturated carbocycles. The lowest BCUT2D eigenvalue weighted by Gasteiger charge is -2.16. The molecule has 0 radical (unpaired) electrons. The molecule has 3 aromatic rings. The SMILES string of the molecule is CCOc1cc(CNCc2ccccc2)cc(Br)c1OCc1cccc(C)c1. The summed E-state index contributed by atoms with van der Waals surface area (Å²) < 4.78 is 12.9. The van der Waals surface area contributed by atoms with Gasteiger partial charge in [0, 0.05) is 13.1 Å². The van der Waals surface area contributed by atoms with Crippen LogP contribution in [0.1, 0.15) is 29.2 Å². The minimum atomic E-state index is 0.506. The molecule has 0 aliphatic rings. The minimum absolute atomic E-state index is 0.506. The average Bonchev–Trinajstić information content (AvgIpc) is 2.68. The van der Waals surface area contributed by atoms with Crippen LogP contribution in [0.15, 0.2) is 71.2 Å². The van der Waals surface area contributed by atoms with Gasteiger partial charge < -0.3 is 14.8 Å². The van der Waals surface area contributed by atoms with Crippen LogP contribution < -0.4 is 14.8 Å². The van der Waals surface area contributed by atoms with Gasteiger partial charge in [-0.2, -0.15) is 0 Å². The quantitative estimate of drug-likeness (QED) is 0.441. The summed E-state index contributed by atoms with van der Waals surface area (Å²) in [5, 5.41) is 3.48. The molecular formula is C24H26BrNO2. The summed E-state index contributed by atoms with van der Waals surface area (Å²) in [5.41, 5.74) is 4.78. The van der Waals surface area contributed by atoms with Crippen molar-refractivity contribution in [2.75, 3.05) is 6.61 Å². The molecule has 146 valence electrons. The molecule has 28 heavy (non-hydrogen) atoms. The van der Waals surface area contributed by atoms with Crippen molar-refractivity contribution in [2.45, 2.75) is 33.5 Å². The molecule has 0 spiro atoms. The number of hydrogen-bond donors (Lipinski definition) is 1. The Hall–Kier alpha value is -2.30. The lowest BCUT2D eigenvalue weighted by Crippen LogP contribution is -2.13. The summed E-state index contributed by atoms with van der Waals surface area (Å²) in [7, 11) is 0. The van der Waals surface area contributed by atoms with E-state index in [9.17, 15) is 0 Å². The van der Waals surface area contributed by atoms with Gasteiger partial charge in [0.2, 0.25) is 0 Å². The van der Waals surface area contributed by atoms with E-state index in [1.807, 2.05) is 19.1 Å². The fourth-order valence-electron chi connectivity index (χ4n) is 3.03. The van der Waals surface area contributed by atoms with Gasteiger partial charge in [-0.15, -0.1) is 0 Å². The summed E-state index contributed by atoms with van der Waals surface area (Å²) in [5.74, 6) is 1.51. The van der Waals surface area contributed by atoms with Gasteiger partial charge >= 0.3 is 0 Å². The molecule has 0 atom stereocenters. The number of rotatable bonds is 9. The van der Waals surface area contributed by atoms with Crippen LogP contribution in [-0.4, -0.2) is 6.61 Å². The predicted molar refractivity (Wildman–Crippen MR) is 118 cm³/mol. The standard InChI is InChI=1S/C24H26BrNO2/c1-3-27-23-14-21(16-26-15-19-9-5-4-6-10-19)13-22(25)24(23)28-17-20-11-7-8-18(2)12-20/h4-14,26H,3,15-17H2,1-2H3. The van der Waals surface area contributed by atoms with Crippen molar-refractivity contribution in [2.24, 2.45) is 0 Å². The molecule has 0 aliphatic carbocycles. The Labute approximate surface area is 175 Å². The van der Waals surface area contributed by atoms with E-state index in [0.717, 1.165) is 40.2 Å². The highest BCUT2D eigenvalue weighted by Gasteiger charge is 2.13. The second kappa shape index (κ2) is 10.3. The zero-order valence-corrected chi connectivity index (χ0v) is 18.0. The normalized spacial score (nSPS) is 10.7. The van der Waals surface area contributed by atoms with Crippen LogP contribution in [-0.2, 0) is 19.7 Å². The Morgan fingerprint density at radius 1 is 0.821 bits per heavy atom. The molecule has 0 saturated heterocycles. The van der Waals surface area contributed by atoms with Crippen molar-refractivity contribution in [3.05, 3.63) is 93.5 Å². The van der Waals surface area contributed by atoms with Gasteiger partial charge in [0.25, 0.3) is 0 Å². The van der Waals surface area contributed by atoms with Crippen molar-refractivity contribution >= 4 is 15.9 Å². The molecule has 0 fully saturated rings. The maximum Gasteiger partial charge on any atom is 0.175 e. The lowest BCUT2D eigenvalue weighted by molar-refractivity contribution is 0.267. The van der Waals surface area contributed by atoms with Crippen molar-refractivity contribution in [3.63, 3.8) is 0 Å². The fourth-order valence-corrected chi connectivity index (χ4v) is 3.63. The summed E-state index contributed by atoms with van der Waals surface area (Å²) in [6, 6.07) is 22.9. The van der Waals surface area contributed by atoms with E-state index in [0.29, 0.717) is 13.2 Å². The third kappa shape index (κ3) is 5.85. The predicted octanol–water partition coefficient (Wildman–Crippen LogP) is 6.03. The van der Waals surface area contributed by atoms with E-state index in [-0.39, 0.29) is 0 Å². The summed E-state index contributed by atoms with van der Waals surface area (Å²) in [6.07, 6.45) is 0. The van der Waals surface area contributed by atoms with Crippen molar-refractivity contribution < 1.29 is 9.47 Å². The van der Waals surface area contributed by atoms with Crippen LogP contribution in [0, 0.1) is 6.92 Å². The van der Waals surface area contributed by atoms with Crippen LogP contribution in [0.3, 0.4) is 0 Å². The van der Waals surface area contributed by atoms with E-state index in [4.69, 9.17) is 9.47 Å². The van der Waals surface area contributed by atoms with Crippen LogP contribution in [0.25, 0.3) is 0 Å². The molecule has 3 rings (SSSR count). The van der Waals surface area contributed by atoms with Gasteiger partial charge in [0.05, 0.1) is 11.1 Å². The van der Waals surface area contributed by atoms with Gasteiger partial charge in [-0.05, 0) is 58.6 Å². The van der Waals surface area contributed by atoms with E-state index in [2.05, 4.69) is 82.8 Å². The topological polar surface area (TPSA) is 30.5 Å². The Morgan fingerprint density at radius 2 is 1.57 bits per heavy atom. The first kappa shape index (κ1) is 20.4. The first-order valence-corrected chi connectivity index (χ1v) is 10.3. The second-order valence-electron chi connectivity index (χ2n) is 6.70. The number of benzene rings is 3. The number of halogens is 1. The smallest absolute Gasteiger partial charge is 0.175 e. The molecule has 0 amide bonds. The number of hydrogen-bond acceptors (Lipinski definition) is 3. The van der Waals surface area contributed by atoms with E-state index in [1.54, 1.807) is 0 Å². The Bertz CT molecular complexity index is 896. The summed E-state index contributed by atoms with van der Waals surface area (Å²) in [6.45, 7) is 6.75. The highest BCUT2D eigenvalue weighted by molar-refractivity contribution is 9.10. The molecule has 0 aliphatic heterocycles. The molecule has 0 heterocycles. The molecule has 1 N–H and O–H groups in total. The van der Waals surface area contributed by atoms with Gasteiger partial charge in [-0.1, -0.05) is 60.2 Å². The first-order chi connectivity index (χ1) is 13.7. The third-order valence-electron chi connectivity index (χ3n) is 4.34. The zero-order chi connectivity index (χ0) is 19.8. The zero-order valence-electron chi connectivity index (χ0n) is 16.4. The summed E-state index contributed by atoms with van der Waals surface area (Å²) >= 11 is 3.66. The minimum Gasteiger partial charge on any atom is -0.490 e. The van der Waals surface area contributed by atoms with Crippen molar-refractivity contribution in [3.8, 4) is 11.5 Å². The van der Waals surface area contributed by atoms with Crippen LogP contribution >= 0.6 is 15.9 Å². The second-order valence-corrected chi connectivity index (χ2v) is 7.56. The van der Waals surface area contributed by atoms with Crippen LogP contribution in [0.4, 0.5) is 0 Å². The van der Waals surface area contributed by atoms with E-state index < -0.39 is 0 Å². The van der Waals surface area contributed by atoms with Gasteiger partial charge in [-0.3, -0.25) is 0 Å². The van der Waals surface area contributed by atoms with Crippen molar-refractivity contribution in [1.82, 2.24) is 5.32 Å².